The number of amides is 1. The van der Waals surface area contributed by atoms with Gasteiger partial charge in [-0.25, -0.2) is 0 Å². The molecule has 1 unspecified atom stereocenters. The first-order valence-corrected chi connectivity index (χ1v) is 12.4. The molecule has 1 aliphatic heterocycles. The topological polar surface area (TPSA) is 90.1 Å². The minimum atomic E-state index is -0.360. The number of nitrogens with zero attached hydrogens (tertiary/aromatic N) is 1. The number of carbonyl (C=O) groups is 1. The Hall–Kier alpha value is -4.46. The lowest BCUT2D eigenvalue weighted by molar-refractivity contribution is -0.134. The quantitative estimate of drug-likeness (QED) is 0.377. The van der Waals surface area contributed by atoms with Crippen LogP contribution < -0.4 is 24.5 Å². The van der Waals surface area contributed by atoms with Crippen molar-refractivity contribution in [2.75, 3.05) is 34.5 Å². The van der Waals surface area contributed by atoms with Crippen LogP contribution in [0.25, 0.3) is 10.9 Å². The van der Waals surface area contributed by atoms with Gasteiger partial charge in [-0.1, -0.05) is 18.2 Å². The highest BCUT2D eigenvalue weighted by Gasteiger charge is 2.33. The number of nitrogens with one attached hydrogen (secondary N) is 1. The first-order valence-electron chi connectivity index (χ1n) is 12.4. The molecule has 8 nitrogen and oxygen atoms in total. The highest BCUT2D eigenvalue weighted by Crippen LogP contribution is 2.39. The second kappa shape index (κ2) is 10.9. The molecule has 1 aliphatic rings. The molecular weight excluding hydrogens is 484 g/mol. The summed E-state index contributed by atoms with van der Waals surface area (Å²) in [6.07, 6.45) is 0.767. The number of H-pyrrole nitrogens is 1. The first kappa shape index (κ1) is 25.2. The number of para-hydroxylation sites is 1. The molecule has 8 heteroatoms. The molecule has 38 heavy (non-hydrogen) atoms. The molecule has 0 radical (unpaired) electrons. The van der Waals surface area contributed by atoms with Crippen molar-refractivity contribution in [2.24, 2.45) is 0 Å². The predicted molar refractivity (Wildman–Crippen MR) is 144 cm³/mol. The standard InChI is InChI=1S/C30H30N2O6/c1-35-21-8-10-22(11-9-21)38-18-26-24-17-28(37-3)27(36-2)14-19(24)12-13-32(26)30(34)16-20-15-29(33)31-25-7-5-4-6-23(20)25/h4-11,14-15,17,26H,12-13,16,18H2,1-3H3,(H,31,33). The number of rotatable bonds is 8. The van der Waals surface area contributed by atoms with Gasteiger partial charge in [-0.05, 0) is 65.6 Å². The van der Waals surface area contributed by atoms with Crippen LogP contribution in [0.2, 0.25) is 0 Å². The van der Waals surface area contributed by atoms with Gasteiger partial charge in [0.15, 0.2) is 11.5 Å². The smallest absolute Gasteiger partial charge is 0.248 e. The summed E-state index contributed by atoms with van der Waals surface area (Å²) in [6, 6.07) is 19.9. The minimum absolute atomic E-state index is 0.0791. The number of aromatic nitrogens is 1. The summed E-state index contributed by atoms with van der Waals surface area (Å²) < 4.78 is 22.5. The zero-order valence-corrected chi connectivity index (χ0v) is 21.7. The average Bonchev–Trinajstić information content (AvgIpc) is 2.95. The SMILES string of the molecule is COc1ccc(OCC2c3cc(OC)c(OC)cc3CCN2C(=O)Cc2cc(=O)[nH]c3ccccc23)cc1. The van der Waals surface area contributed by atoms with Crippen molar-refractivity contribution >= 4 is 16.8 Å². The largest absolute Gasteiger partial charge is 0.497 e. The van der Waals surface area contributed by atoms with Gasteiger partial charge in [0.2, 0.25) is 11.5 Å². The molecule has 3 aromatic carbocycles. The normalized spacial score (nSPS) is 14.6. The van der Waals surface area contributed by atoms with Gasteiger partial charge >= 0.3 is 0 Å². The summed E-state index contributed by atoms with van der Waals surface area (Å²) in [5.41, 5.74) is 3.21. The van der Waals surface area contributed by atoms with Gasteiger partial charge in [0.1, 0.15) is 18.1 Å². The van der Waals surface area contributed by atoms with E-state index >= 15 is 0 Å². The summed E-state index contributed by atoms with van der Waals surface area (Å²) in [6.45, 7) is 0.760. The molecule has 1 N–H and O–H groups in total. The fourth-order valence-corrected chi connectivity index (χ4v) is 5.04. The van der Waals surface area contributed by atoms with Gasteiger partial charge < -0.3 is 28.8 Å². The minimum Gasteiger partial charge on any atom is -0.497 e. The maximum atomic E-state index is 13.8. The highest BCUT2D eigenvalue weighted by atomic mass is 16.5. The van der Waals surface area contributed by atoms with E-state index in [4.69, 9.17) is 18.9 Å². The fourth-order valence-electron chi connectivity index (χ4n) is 5.04. The number of fused-ring (bicyclic) bond motifs is 2. The van der Waals surface area contributed by atoms with E-state index in [9.17, 15) is 9.59 Å². The molecule has 1 atom stereocenters. The van der Waals surface area contributed by atoms with Crippen LogP contribution in [-0.4, -0.2) is 50.3 Å². The van der Waals surface area contributed by atoms with Crippen LogP contribution in [0.5, 0.6) is 23.0 Å². The molecule has 1 amide bonds. The van der Waals surface area contributed by atoms with Crippen molar-refractivity contribution in [3.63, 3.8) is 0 Å². The van der Waals surface area contributed by atoms with Crippen LogP contribution in [-0.2, 0) is 17.6 Å². The summed E-state index contributed by atoms with van der Waals surface area (Å²) >= 11 is 0. The summed E-state index contributed by atoms with van der Waals surface area (Å²) in [4.78, 5) is 30.8. The van der Waals surface area contributed by atoms with Crippen molar-refractivity contribution < 1.29 is 23.7 Å². The monoisotopic (exact) mass is 514 g/mol. The van der Waals surface area contributed by atoms with Gasteiger partial charge in [-0.3, -0.25) is 9.59 Å². The van der Waals surface area contributed by atoms with Crippen LogP contribution >= 0.6 is 0 Å². The van der Waals surface area contributed by atoms with Crippen molar-refractivity contribution in [3.8, 4) is 23.0 Å². The van der Waals surface area contributed by atoms with E-state index in [1.54, 1.807) is 21.3 Å². The van der Waals surface area contributed by atoms with Crippen molar-refractivity contribution in [1.29, 1.82) is 0 Å². The average molecular weight is 515 g/mol. The predicted octanol–water partition coefficient (Wildman–Crippen LogP) is 4.30. The number of carbonyl (C=O) groups excluding carboxylic acids is 1. The Bertz CT molecular complexity index is 1510. The Morgan fingerprint density at radius 1 is 0.921 bits per heavy atom. The third-order valence-electron chi connectivity index (χ3n) is 6.97. The zero-order valence-electron chi connectivity index (χ0n) is 21.7. The summed E-state index contributed by atoms with van der Waals surface area (Å²) in [7, 11) is 4.82. The van der Waals surface area contributed by atoms with Crippen molar-refractivity contribution in [1.82, 2.24) is 9.88 Å². The van der Waals surface area contributed by atoms with Gasteiger partial charge in [-0.2, -0.15) is 0 Å². The maximum absolute atomic E-state index is 13.8. The van der Waals surface area contributed by atoms with Crippen LogP contribution in [0.4, 0.5) is 0 Å². The van der Waals surface area contributed by atoms with Crippen LogP contribution in [0.3, 0.4) is 0 Å². The molecule has 4 aromatic rings. The maximum Gasteiger partial charge on any atom is 0.248 e. The summed E-state index contributed by atoms with van der Waals surface area (Å²) in [5, 5.41) is 0.857. The molecule has 1 aromatic heterocycles. The molecule has 0 aliphatic carbocycles. The number of benzene rings is 3. The molecule has 0 fully saturated rings. The lowest BCUT2D eigenvalue weighted by atomic mass is 9.91. The highest BCUT2D eigenvalue weighted by molar-refractivity contribution is 5.88. The van der Waals surface area contributed by atoms with Gasteiger partial charge in [-0.15, -0.1) is 0 Å². The van der Waals surface area contributed by atoms with E-state index in [0.717, 1.165) is 22.3 Å². The Balaban J connectivity index is 1.48. The fraction of sp³-hybridized carbons (Fsp3) is 0.267. The molecule has 0 spiro atoms. The Labute approximate surface area is 220 Å². The van der Waals surface area contributed by atoms with Crippen molar-refractivity contribution in [2.45, 2.75) is 18.9 Å². The number of ether oxygens (including phenoxy) is 4. The van der Waals surface area contributed by atoms with E-state index in [1.165, 1.54) is 6.07 Å². The van der Waals surface area contributed by atoms with Crippen LogP contribution in [0, 0.1) is 0 Å². The van der Waals surface area contributed by atoms with E-state index < -0.39 is 0 Å². The Kier molecular flexibility index (Phi) is 7.22. The lowest BCUT2D eigenvalue weighted by Gasteiger charge is -2.38. The lowest BCUT2D eigenvalue weighted by Crippen LogP contribution is -2.43. The molecule has 0 bridgehead atoms. The van der Waals surface area contributed by atoms with Crippen LogP contribution in [0.15, 0.2) is 71.5 Å². The second-order valence-corrected chi connectivity index (χ2v) is 9.13. The third-order valence-corrected chi connectivity index (χ3v) is 6.97. The van der Waals surface area contributed by atoms with Gasteiger partial charge in [0, 0.05) is 23.5 Å². The number of hydrogen-bond acceptors (Lipinski definition) is 6. The third kappa shape index (κ3) is 5.02. The van der Waals surface area contributed by atoms with Gasteiger partial charge in [0.05, 0.1) is 33.8 Å². The van der Waals surface area contributed by atoms with E-state index in [1.807, 2.05) is 65.6 Å². The molecular formula is C30H30N2O6. The Morgan fingerprint density at radius 2 is 1.63 bits per heavy atom. The molecule has 0 saturated heterocycles. The second-order valence-electron chi connectivity index (χ2n) is 9.13. The van der Waals surface area contributed by atoms with Crippen LogP contribution in [0.1, 0.15) is 22.7 Å². The number of methoxy groups -OCH3 is 3. The number of hydrogen-bond donors (Lipinski definition) is 1. The first-order chi connectivity index (χ1) is 18.5. The number of pyridine rings is 1. The van der Waals surface area contributed by atoms with Gasteiger partial charge in [0.25, 0.3) is 0 Å². The van der Waals surface area contributed by atoms with E-state index in [-0.39, 0.29) is 30.5 Å². The number of aromatic amines is 1. The summed E-state index contributed by atoms with van der Waals surface area (Å²) in [5.74, 6) is 2.57. The van der Waals surface area contributed by atoms with E-state index in [0.29, 0.717) is 41.3 Å². The van der Waals surface area contributed by atoms with E-state index in [2.05, 4.69) is 4.98 Å². The molecule has 0 saturated carbocycles. The molecule has 2 heterocycles. The zero-order chi connectivity index (χ0) is 26.6. The molecule has 5 rings (SSSR count). The Morgan fingerprint density at radius 3 is 2.37 bits per heavy atom. The van der Waals surface area contributed by atoms with Crippen molar-refractivity contribution in [3.05, 3.63) is 93.8 Å². The molecule has 196 valence electrons.